The molecule has 0 aromatic heterocycles. The van der Waals surface area contributed by atoms with Gasteiger partial charge < -0.3 is 16.2 Å². The minimum Gasteiger partial charge on any atom is -0.492 e. The van der Waals surface area contributed by atoms with Gasteiger partial charge in [0.05, 0.1) is 6.04 Å². The first-order chi connectivity index (χ1) is 5.11. The van der Waals surface area contributed by atoms with Crippen molar-refractivity contribution in [2.24, 2.45) is 11.5 Å². The molecule has 4 N–H and O–H groups in total. The molecule has 3 unspecified atom stereocenters. The van der Waals surface area contributed by atoms with Crippen LogP contribution < -0.4 is 11.5 Å². The van der Waals surface area contributed by atoms with E-state index >= 15 is 0 Å². The van der Waals surface area contributed by atoms with Crippen molar-refractivity contribution in [2.45, 2.75) is 38.5 Å². The molecule has 3 heteroatoms. The van der Waals surface area contributed by atoms with E-state index in [4.69, 9.17) is 16.2 Å². The smallest absolute Gasteiger partial charge is 0.111 e. The van der Waals surface area contributed by atoms with Gasteiger partial charge in [0.15, 0.2) is 0 Å². The maximum atomic E-state index is 5.73. The van der Waals surface area contributed by atoms with Crippen LogP contribution in [0.2, 0.25) is 0 Å². The zero-order valence-electron chi connectivity index (χ0n) is 7.08. The first kappa shape index (κ1) is 8.56. The summed E-state index contributed by atoms with van der Waals surface area (Å²) in [5.41, 5.74) is 11.4. The van der Waals surface area contributed by atoms with Gasteiger partial charge in [0, 0.05) is 6.04 Å². The van der Waals surface area contributed by atoms with Crippen LogP contribution in [0, 0.1) is 0 Å². The maximum absolute atomic E-state index is 5.73. The Morgan fingerprint density at radius 2 is 2.36 bits per heavy atom. The molecular weight excluding hydrogens is 140 g/mol. The Morgan fingerprint density at radius 1 is 1.73 bits per heavy atom. The molecule has 0 aromatic carbocycles. The molecule has 0 radical (unpaired) electrons. The first-order valence-corrected chi connectivity index (χ1v) is 3.99. The molecule has 1 rings (SSSR count). The zero-order chi connectivity index (χ0) is 8.43. The molecule has 0 saturated carbocycles. The molecule has 0 fully saturated rings. The Kier molecular flexibility index (Phi) is 2.52. The average molecular weight is 156 g/mol. The Labute approximate surface area is 67.4 Å². The van der Waals surface area contributed by atoms with Gasteiger partial charge in [-0.05, 0) is 26.3 Å². The lowest BCUT2D eigenvalue weighted by Gasteiger charge is -2.28. The van der Waals surface area contributed by atoms with Crippen LogP contribution >= 0.6 is 0 Å². The van der Waals surface area contributed by atoms with E-state index in [0.29, 0.717) is 0 Å². The number of nitrogens with two attached hydrogens (primary N) is 2. The third kappa shape index (κ3) is 1.94. The van der Waals surface area contributed by atoms with Crippen molar-refractivity contribution in [1.82, 2.24) is 0 Å². The summed E-state index contributed by atoms with van der Waals surface area (Å²) in [6.45, 7) is 3.88. The maximum Gasteiger partial charge on any atom is 0.111 e. The van der Waals surface area contributed by atoms with Crippen LogP contribution in [0.5, 0.6) is 0 Å². The molecule has 0 spiro atoms. The van der Waals surface area contributed by atoms with E-state index in [1.165, 1.54) is 0 Å². The Morgan fingerprint density at radius 3 is 2.82 bits per heavy atom. The van der Waals surface area contributed by atoms with Gasteiger partial charge in [-0.3, -0.25) is 0 Å². The van der Waals surface area contributed by atoms with Crippen molar-refractivity contribution in [3.8, 4) is 0 Å². The number of ether oxygens (including phenoxy) is 1. The summed E-state index contributed by atoms with van der Waals surface area (Å²) in [7, 11) is 0. The van der Waals surface area contributed by atoms with Crippen LogP contribution in [0.25, 0.3) is 0 Å². The normalized spacial score (nSPS) is 34.0. The fourth-order valence-corrected chi connectivity index (χ4v) is 1.09. The van der Waals surface area contributed by atoms with Gasteiger partial charge in [-0.2, -0.15) is 0 Å². The molecule has 11 heavy (non-hydrogen) atoms. The van der Waals surface area contributed by atoms with E-state index in [1.807, 2.05) is 19.9 Å². The van der Waals surface area contributed by atoms with Crippen LogP contribution in [-0.4, -0.2) is 18.2 Å². The lowest BCUT2D eigenvalue weighted by atomic mass is 10.1. The Balaban J connectivity index is 2.59. The molecule has 1 heterocycles. The van der Waals surface area contributed by atoms with Crippen molar-refractivity contribution < 1.29 is 4.74 Å². The molecule has 0 aliphatic carbocycles. The van der Waals surface area contributed by atoms with Crippen LogP contribution in [0.3, 0.4) is 0 Å². The molecule has 3 nitrogen and oxygen atoms in total. The van der Waals surface area contributed by atoms with E-state index in [2.05, 4.69) is 0 Å². The highest BCUT2D eigenvalue weighted by molar-refractivity contribution is 5.06. The quantitative estimate of drug-likeness (QED) is 0.576. The molecule has 64 valence electrons. The Hall–Kier alpha value is -0.540. The van der Waals surface area contributed by atoms with Crippen molar-refractivity contribution in [1.29, 1.82) is 0 Å². The summed E-state index contributed by atoms with van der Waals surface area (Å²) < 4.78 is 5.47. The summed E-state index contributed by atoms with van der Waals surface area (Å²) in [5.74, 6) is 0.874. The predicted molar refractivity (Wildman–Crippen MR) is 44.9 cm³/mol. The predicted octanol–water partition coefficient (Wildman–Crippen LogP) is 0.354. The van der Waals surface area contributed by atoms with Crippen LogP contribution in [0.1, 0.15) is 20.3 Å². The fraction of sp³-hybridized carbons (Fsp3) is 0.750. The van der Waals surface area contributed by atoms with Crippen molar-refractivity contribution in [2.75, 3.05) is 0 Å². The van der Waals surface area contributed by atoms with E-state index in [1.54, 1.807) is 0 Å². The number of rotatable bonds is 1. The summed E-state index contributed by atoms with van der Waals surface area (Å²) in [6, 6.07) is 0.113. The molecule has 0 bridgehead atoms. The largest absolute Gasteiger partial charge is 0.492 e. The van der Waals surface area contributed by atoms with Crippen LogP contribution in [0.15, 0.2) is 11.8 Å². The standard InChI is InChI=1S/C8H16N2O/c1-5(9)8-4-3-7(10)6(2)11-8/h4-7H,3,9-10H2,1-2H3. The third-order valence-electron chi connectivity index (χ3n) is 1.96. The monoisotopic (exact) mass is 156 g/mol. The molecule has 0 aromatic rings. The molecular formula is C8H16N2O. The summed E-state index contributed by atoms with van der Waals surface area (Å²) in [5, 5.41) is 0. The summed E-state index contributed by atoms with van der Waals surface area (Å²) in [4.78, 5) is 0. The first-order valence-electron chi connectivity index (χ1n) is 3.99. The van der Waals surface area contributed by atoms with E-state index in [9.17, 15) is 0 Å². The third-order valence-corrected chi connectivity index (χ3v) is 1.96. The molecule has 1 aliphatic rings. The zero-order valence-corrected chi connectivity index (χ0v) is 7.08. The van der Waals surface area contributed by atoms with Crippen LogP contribution in [0.4, 0.5) is 0 Å². The van der Waals surface area contributed by atoms with Gasteiger partial charge in [0.25, 0.3) is 0 Å². The van der Waals surface area contributed by atoms with Gasteiger partial charge >= 0.3 is 0 Å². The summed E-state index contributed by atoms with van der Waals surface area (Å²) in [6.07, 6.45) is 2.95. The number of hydrogen-bond donors (Lipinski definition) is 2. The van der Waals surface area contributed by atoms with E-state index < -0.39 is 0 Å². The average Bonchev–Trinajstić information content (AvgIpc) is 1.94. The highest BCUT2D eigenvalue weighted by Crippen LogP contribution is 2.17. The molecule has 3 atom stereocenters. The molecule has 0 saturated heterocycles. The van der Waals surface area contributed by atoms with Crippen LogP contribution in [-0.2, 0) is 4.74 Å². The minimum atomic E-state index is -0.00931. The second kappa shape index (κ2) is 3.24. The van der Waals surface area contributed by atoms with Gasteiger partial charge in [-0.15, -0.1) is 0 Å². The molecule has 0 amide bonds. The Bertz CT molecular complexity index is 165. The highest BCUT2D eigenvalue weighted by Gasteiger charge is 2.20. The lowest BCUT2D eigenvalue weighted by Crippen LogP contribution is -2.39. The van der Waals surface area contributed by atoms with Gasteiger partial charge in [0.2, 0.25) is 0 Å². The summed E-state index contributed by atoms with van der Waals surface area (Å²) >= 11 is 0. The lowest BCUT2D eigenvalue weighted by molar-refractivity contribution is 0.0840. The second-order valence-electron chi connectivity index (χ2n) is 3.12. The van der Waals surface area contributed by atoms with Crippen molar-refractivity contribution in [3.63, 3.8) is 0 Å². The van der Waals surface area contributed by atoms with Gasteiger partial charge in [0.1, 0.15) is 11.9 Å². The van der Waals surface area contributed by atoms with E-state index in [-0.39, 0.29) is 18.2 Å². The SMILES string of the molecule is CC(N)C1=CCC(N)C(C)O1. The second-order valence-corrected chi connectivity index (χ2v) is 3.12. The topological polar surface area (TPSA) is 61.3 Å². The fourth-order valence-electron chi connectivity index (χ4n) is 1.09. The van der Waals surface area contributed by atoms with Crippen molar-refractivity contribution in [3.05, 3.63) is 11.8 Å². The van der Waals surface area contributed by atoms with Gasteiger partial charge in [-0.25, -0.2) is 0 Å². The van der Waals surface area contributed by atoms with E-state index in [0.717, 1.165) is 12.2 Å². The number of hydrogen-bond acceptors (Lipinski definition) is 3. The minimum absolute atomic E-state index is 0.00931. The highest BCUT2D eigenvalue weighted by atomic mass is 16.5. The molecule has 1 aliphatic heterocycles. The van der Waals surface area contributed by atoms with Crippen molar-refractivity contribution >= 4 is 0 Å². The van der Waals surface area contributed by atoms with Gasteiger partial charge in [-0.1, -0.05) is 0 Å².